The third-order valence-electron chi connectivity index (χ3n) is 5.85. The number of hydrogen-bond donors (Lipinski definition) is 4. The Bertz CT molecular complexity index is 840. The van der Waals surface area contributed by atoms with Crippen LogP contribution in [-0.2, 0) is 42.9 Å². The fourth-order valence-corrected chi connectivity index (χ4v) is 3.90. The third-order valence-corrected chi connectivity index (χ3v) is 5.85. The van der Waals surface area contributed by atoms with Crippen molar-refractivity contribution in [3.8, 4) is 0 Å². The minimum absolute atomic E-state index is 0.0313. The number of carboxylic acids is 1. The molecule has 0 spiro atoms. The second-order valence-corrected chi connectivity index (χ2v) is 12.2. The molecule has 13 heteroatoms. The van der Waals surface area contributed by atoms with Gasteiger partial charge < -0.3 is 40.0 Å². The summed E-state index contributed by atoms with van der Waals surface area (Å²) in [5, 5.41) is 17.3. The second-order valence-electron chi connectivity index (χ2n) is 12.2. The van der Waals surface area contributed by atoms with E-state index >= 15 is 0 Å². The van der Waals surface area contributed by atoms with Crippen LogP contribution in [0.4, 0.5) is 0 Å². The molecule has 0 rings (SSSR count). The Morgan fingerprint density at radius 2 is 1.21 bits per heavy atom. The van der Waals surface area contributed by atoms with Gasteiger partial charge in [0.05, 0.1) is 39.6 Å². The van der Waals surface area contributed by atoms with Crippen LogP contribution in [0.15, 0.2) is 0 Å². The zero-order chi connectivity index (χ0) is 32.2. The Kier molecular flexibility index (Phi) is 19.8. The molecule has 0 heterocycles. The maximum Gasteiger partial charge on any atom is 0.326 e. The lowest BCUT2D eigenvalue weighted by molar-refractivity contribution is -0.144. The Balaban J connectivity index is 3.86. The molecular weight excluding hydrogens is 550 g/mol. The lowest BCUT2D eigenvalue weighted by Crippen LogP contribution is -2.48. The van der Waals surface area contributed by atoms with Gasteiger partial charge in [0.25, 0.3) is 0 Å². The summed E-state index contributed by atoms with van der Waals surface area (Å²) in [6, 6.07) is -1.16. The smallest absolute Gasteiger partial charge is 0.326 e. The van der Waals surface area contributed by atoms with Crippen LogP contribution >= 0.6 is 0 Å². The molecule has 0 fully saturated rings. The maximum atomic E-state index is 12.6. The number of carbonyl (C=O) groups is 5. The van der Waals surface area contributed by atoms with Crippen LogP contribution in [0.25, 0.3) is 0 Å². The van der Waals surface area contributed by atoms with E-state index in [9.17, 15) is 29.1 Å². The zero-order valence-corrected chi connectivity index (χ0v) is 26.5. The summed E-state index contributed by atoms with van der Waals surface area (Å²) in [5.74, 6) is -2.21. The van der Waals surface area contributed by atoms with Gasteiger partial charge >= 0.3 is 5.97 Å². The predicted octanol–water partition coefficient (Wildman–Crippen LogP) is 1.32. The average Bonchev–Trinajstić information content (AvgIpc) is 2.87. The van der Waals surface area contributed by atoms with Crippen molar-refractivity contribution >= 4 is 29.5 Å². The monoisotopic (exact) mass is 603 g/mol. The number of ketones is 1. The molecule has 4 N–H and O–H groups in total. The van der Waals surface area contributed by atoms with Gasteiger partial charge in [-0.05, 0) is 18.3 Å². The molecule has 0 aliphatic heterocycles. The Labute approximate surface area is 250 Å². The fraction of sp³-hybridized carbons (Fsp3) is 0.828. The van der Waals surface area contributed by atoms with Gasteiger partial charge in [0.1, 0.15) is 19.3 Å². The molecule has 3 amide bonds. The normalized spacial score (nSPS) is 12.6. The molecular formula is C29H53N3O10. The summed E-state index contributed by atoms with van der Waals surface area (Å²) < 4.78 is 21.1. The molecule has 0 aliphatic carbocycles. The molecule has 0 aromatic carbocycles. The van der Waals surface area contributed by atoms with Crippen LogP contribution < -0.4 is 16.0 Å². The maximum absolute atomic E-state index is 12.6. The van der Waals surface area contributed by atoms with E-state index in [-0.39, 0.29) is 87.3 Å². The minimum atomic E-state index is -1.19. The Morgan fingerprint density at radius 3 is 1.71 bits per heavy atom. The highest BCUT2D eigenvalue weighted by atomic mass is 16.5. The van der Waals surface area contributed by atoms with E-state index in [0.717, 1.165) is 0 Å². The zero-order valence-electron chi connectivity index (χ0n) is 26.5. The number of ether oxygens (including phenoxy) is 4. The first kappa shape index (κ1) is 39.4. The van der Waals surface area contributed by atoms with Crippen LogP contribution in [0, 0.1) is 16.7 Å². The average molecular weight is 604 g/mol. The number of carbonyl (C=O) groups excluding carboxylic acids is 4. The van der Waals surface area contributed by atoms with E-state index in [1.165, 1.54) is 0 Å². The van der Waals surface area contributed by atoms with Crippen molar-refractivity contribution in [1.82, 2.24) is 16.0 Å². The van der Waals surface area contributed by atoms with E-state index in [0.29, 0.717) is 32.8 Å². The number of Topliss-reactive ketones (excluding diaryl/α,β-unsaturated/α-hetero) is 1. The molecule has 1 atom stereocenters. The van der Waals surface area contributed by atoms with Gasteiger partial charge in [-0.25, -0.2) is 4.79 Å². The van der Waals surface area contributed by atoms with Crippen molar-refractivity contribution in [3.63, 3.8) is 0 Å². The molecule has 0 unspecified atom stereocenters. The first-order valence-electron chi connectivity index (χ1n) is 14.5. The Hall–Kier alpha value is -2.61. The van der Waals surface area contributed by atoms with Gasteiger partial charge in [-0.15, -0.1) is 0 Å². The standard InChI is InChI=1S/C29H53N3O10/c1-21(2)23(33)18-41-16-14-40-13-11-31-25(35)19-42-17-15-39-12-10-30-24(34)9-8-22(26(36)37)32-27(38)29(6,7)20-28(3,4)5/h21-22H,8-20H2,1-7H3,(H,30,34)(H,31,35)(H,32,38)(H,36,37)/t22-/m1/s1. The second kappa shape index (κ2) is 21.1. The molecule has 0 radical (unpaired) electrons. The van der Waals surface area contributed by atoms with Gasteiger partial charge in [-0.3, -0.25) is 19.2 Å². The number of carboxylic acid groups (broad SMARTS) is 1. The summed E-state index contributed by atoms with van der Waals surface area (Å²) >= 11 is 0. The van der Waals surface area contributed by atoms with Gasteiger partial charge in [0.2, 0.25) is 17.7 Å². The largest absolute Gasteiger partial charge is 0.480 e. The first-order chi connectivity index (χ1) is 19.5. The lowest BCUT2D eigenvalue weighted by Gasteiger charge is -2.32. The van der Waals surface area contributed by atoms with Gasteiger partial charge in [-0.1, -0.05) is 48.5 Å². The van der Waals surface area contributed by atoms with Crippen LogP contribution in [0.5, 0.6) is 0 Å². The number of rotatable bonds is 24. The third kappa shape index (κ3) is 21.1. The van der Waals surface area contributed by atoms with Crippen molar-refractivity contribution < 1.29 is 48.0 Å². The molecule has 0 aromatic heterocycles. The summed E-state index contributed by atoms with van der Waals surface area (Å²) in [7, 11) is 0. The molecule has 0 saturated heterocycles. The van der Waals surface area contributed by atoms with Crippen LogP contribution in [0.3, 0.4) is 0 Å². The molecule has 13 nitrogen and oxygen atoms in total. The Morgan fingerprint density at radius 1 is 0.714 bits per heavy atom. The van der Waals surface area contributed by atoms with Crippen molar-refractivity contribution in [1.29, 1.82) is 0 Å². The van der Waals surface area contributed by atoms with Crippen molar-refractivity contribution in [3.05, 3.63) is 0 Å². The molecule has 0 bridgehead atoms. The topological polar surface area (TPSA) is 179 Å². The fourth-order valence-electron chi connectivity index (χ4n) is 3.90. The summed E-state index contributed by atoms with van der Waals surface area (Å²) in [6.45, 7) is 15.3. The lowest BCUT2D eigenvalue weighted by atomic mass is 9.75. The van der Waals surface area contributed by atoms with Crippen molar-refractivity contribution in [2.24, 2.45) is 16.7 Å². The highest BCUT2D eigenvalue weighted by molar-refractivity contribution is 5.87. The molecule has 42 heavy (non-hydrogen) atoms. The van der Waals surface area contributed by atoms with Gasteiger partial charge in [0.15, 0.2) is 5.78 Å². The van der Waals surface area contributed by atoms with Gasteiger partial charge in [-0.2, -0.15) is 0 Å². The highest BCUT2D eigenvalue weighted by Gasteiger charge is 2.34. The summed E-state index contributed by atoms with van der Waals surface area (Å²) in [4.78, 5) is 59.5. The molecule has 0 saturated carbocycles. The highest BCUT2D eigenvalue weighted by Crippen LogP contribution is 2.33. The predicted molar refractivity (Wildman–Crippen MR) is 156 cm³/mol. The quantitative estimate of drug-likeness (QED) is 0.118. The molecule has 244 valence electrons. The van der Waals surface area contributed by atoms with Crippen molar-refractivity contribution in [2.45, 2.75) is 73.8 Å². The number of amides is 3. The molecule has 0 aliphatic rings. The van der Waals surface area contributed by atoms with E-state index in [4.69, 9.17) is 18.9 Å². The van der Waals surface area contributed by atoms with Crippen LogP contribution in [-0.4, -0.2) is 107 Å². The number of hydrogen-bond acceptors (Lipinski definition) is 9. The number of aliphatic carboxylic acids is 1. The van der Waals surface area contributed by atoms with E-state index in [1.54, 1.807) is 13.8 Å². The van der Waals surface area contributed by atoms with E-state index in [1.807, 2.05) is 34.6 Å². The number of nitrogens with one attached hydrogen (secondary N) is 3. The summed E-state index contributed by atoms with van der Waals surface area (Å²) in [6.07, 6.45) is 0.484. The minimum Gasteiger partial charge on any atom is -0.480 e. The van der Waals surface area contributed by atoms with E-state index in [2.05, 4.69) is 16.0 Å². The van der Waals surface area contributed by atoms with Crippen molar-refractivity contribution in [2.75, 3.05) is 65.9 Å². The van der Waals surface area contributed by atoms with Crippen LogP contribution in [0.2, 0.25) is 0 Å². The van der Waals surface area contributed by atoms with Gasteiger partial charge in [0, 0.05) is 30.8 Å². The first-order valence-corrected chi connectivity index (χ1v) is 14.5. The molecule has 0 aromatic rings. The van der Waals surface area contributed by atoms with E-state index < -0.39 is 17.4 Å². The SMILES string of the molecule is CC(C)C(=O)COCCOCCNC(=O)COCCOCCNC(=O)CC[C@@H](NC(=O)C(C)(C)CC(C)(C)C)C(=O)O. The summed E-state index contributed by atoms with van der Waals surface area (Å²) in [5.41, 5.74) is -0.853. The van der Waals surface area contributed by atoms with Crippen LogP contribution in [0.1, 0.15) is 67.7 Å².